The zero-order valence-corrected chi connectivity index (χ0v) is 20.3. The molecule has 6 rings (SSSR count). The maximum absolute atomic E-state index is 14.4. The molecule has 1 aliphatic heterocycles. The molecule has 0 bridgehead atoms. The van der Waals surface area contributed by atoms with Crippen LogP contribution in [0, 0.1) is 18.7 Å². The van der Waals surface area contributed by atoms with Crippen LogP contribution in [0.3, 0.4) is 0 Å². The predicted molar refractivity (Wildman–Crippen MR) is 134 cm³/mol. The molecule has 0 radical (unpaired) electrons. The molecule has 0 atom stereocenters. The van der Waals surface area contributed by atoms with Crippen molar-refractivity contribution in [2.75, 3.05) is 0 Å². The molecule has 0 unspecified atom stereocenters. The fourth-order valence-corrected chi connectivity index (χ4v) is 5.34. The minimum atomic E-state index is -0.695. The van der Waals surface area contributed by atoms with Crippen LogP contribution < -0.4 is 0 Å². The molecule has 2 aliphatic rings. The molecular weight excluding hydrogens is 481 g/mol. The Morgan fingerprint density at radius 3 is 2.58 bits per heavy atom. The Balaban J connectivity index is 1.20. The Kier molecular flexibility index (Phi) is 5.62. The monoisotopic (exact) mass is 503 g/mol. The van der Waals surface area contributed by atoms with Gasteiger partial charge in [-0.05, 0) is 78.4 Å². The molecule has 0 saturated heterocycles. The van der Waals surface area contributed by atoms with Crippen LogP contribution in [0.15, 0.2) is 59.1 Å². The summed E-state index contributed by atoms with van der Waals surface area (Å²) in [7, 11) is 0. The van der Waals surface area contributed by atoms with Crippen molar-refractivity contribution >= 4 is 17.6 Å². The summed E-state index contributed by atoms with van der Waals surface area (Å²) in [6, 6.07) is 16.6. The van der Waals surface area contributed by atoms with Crippen LogP contribution in [-0.4, -0.2) is 32.2 Å². The summed E-state index contributed by atoms with van der Waals surface area (Å²) in [6.45, 7) is 3.54. The normalized spacial score (nSPS) is 19.2. The summed E-state index contributed by atoms with van der Waals surface area (Å²) >= 11 is 6.07. The molecule has 4 aromatic rings. The molecule has 6 nitrogen and oxygen atoms in total. The topological polar surface area (TPSA) is 79.5 Å². The van der Waals surface area contributed by atoms with Gasteiger partial charge in [0.2, 0.25) is 5.82 Å². The molecule has 0 amide bonds. The standard InChI is InChI=1S/C28H23ClFN3O3/c1-15-8-17(4-6-23(15)24-12-21(29)5-7-25(24)30)27-31-26(32-36-27)16-2-3-18-13-33(14-20(18)9-16)22-10-19(11-22)28(34)35/h2-9,12,19,22H,10-11,13-14H2,1H3,(H,34,35). The Hall–Kier alpha value is -3.55. The zero-order chi connectivity index (χ0) is 25.0. The van der Waals surface area contributed by atoms with Gasteiger partial charge in [0.05, 0.1) is 5.92 Å². The number of carboxylic acid groups (broad SMARTS) is 1. The number of nitrogens with zero attached hydrogens (tertiary/aromatic N) is 3. The summed E-state index contributed by atoms with van der Waals surface area (Å²) in [4.78, 5) is 18.1. The van der Waals surface area contributed by atoms with Gasteiger partial charge in [0, 0.05) is 40.8 Å². The molecule has 8 heteroatoms. The fourth-order valence-electron chi connectivity index (χ4n) is 5.17. The first-order valence-corrected chi connectivity index (χ1v) is 12.2. The molecule has 1 aliphatic carbocycles. The van der Waals surface area contributed by atoms with Gasteiger partial charge in [-0.1, -0.05) is 35.0 Å². The number of fused-ring (bicyclic) bond motifs is 1. The molecule has 36 heavy (non-hydrogen) atoms. The minimum Gasteiger partial charge on any atom is -0.481 e. The number of carboxylic acids is 1. The van der Waals surface area contributed by atoms with E-state index in [-0.39, 0.29) is 11.7 Å². The van der Waals surface area contributed by atoms with E-state index in [1.54, 1.807) is 6.07 Å². The van der Waals surface area contributed by atoms with E-state index in [4.69, 9.17) is 21.2 Å². The fraction of sp³-hybridized carbons (Fsp3) is 0.250. The van der Waals surface area contributed by atoms with E-state index in [0.717, 1.165) is 35.3 Å². The van der Waals surface area contributed by atoms with Crippen molar-refractivity contribution in [2.24, 2.45) is 5.92 Å². The van der Waals surface area contributed by atoms with Crippen LogP contribution in [0.2, 0.25) is 5.02 Å². The van der Waals surface area contributed by atoms with E-state index in [1.165, 1.54) is 23.3 Å². The Bertz CT molecular complexity index is 1500. The lowest BCUT2D eigenvalue weighted by Crippen LogP contribution is -2.44. The molecular formula is C28H23ClFN3O3. The van der Waals surface area contributed by atoms with Gasteiger partial charge in [-0.2, -0.15) is 4.98 Å². The quantitative estimate of drug-likeness (QED) is 0.342. The van der Waals surface area contributed by atoms with Gasteiger partial charge in [-0.3, -0.25) is 9.69 Å². The van der Waals surface area contributed by atoms with Gasteiger partial charge < -0.3 is 9.63 Å². The molecule has 182 valence electrons. The summed E-state index contributed by atoms with van der Waals surface area (Å²) in [5.41, 5.74) is 6.15. The minimum absolute atomic E-state index is 0.214. The highest BCUT2D eigenvalue weighted by Crippen LogP contribution is 2.38. The van der Waals surface area contributed by atoms with Crippen molar-refractivity contribution in [2.45, 2.75) is 38.9 Å². The molecule has 1 aromatic heterocycles. The van der Waals surface area contributed by atoms with Crippen molar-refractivity contribution in [1.82, 2.24) is 15.0 Å². The van der Waals surface area contributed by atoms with Gasteiger partial charge in [0.25, 0.3) is 5.89 Å². The molecule has 2 heterocycles. The number of aryl methyl sites for hydroxylation is 1. The van der Waals surface area contributed by atoms with E-state index in [2.05, 4.69) is 27.2 Å². The number of hydrogen-bond donors (Lipinski definition) is 1. The predicted octanol–water partition coefficient (Wildman–Crippen LogP) is 6.35. The second-order valence-corrected chi connectivity index (χ2v) is 10.1. The summed E-state index contributed by atoms with van der Waals surface area (Å²) < 4.78 is 19.9. The van der Waals surface area contributed by atoms with Crippen LogP contribution >= 0.6 is 11.6 Å². The highest BCUT2D eigenvalue weighted by atomic mass is 35.5. The molecule has 1 fully saturated rings. The van der Waals surface area contributed by atoms with Crippen LogP contribution in [0.25, 0.3) is 34.0 Å². The average molecular weight is 504 g/mol. The largest absolute Gasteiger partial charge is 0.481 e. The number of carbonyl (C=O) groups is 1. The summed E-state index contributed by atoms with van der Waals surface area (Å²) in [5, 5.41) is 13.8. The Labute approximate surface area is 212 Å². The first-order chi connectivity index (χ1) is 17.4. The van der Waals surface area contributed by atoms with Gasteiger partial charge in [-0.15, -0.1) is 0 Å². The van der Waals surface area contributed by atoms with E-state index >= 15 is 0 Å². The van der Waals surface area contributed by atoms with Crippen molar-refractivity contribution in [3.8, 4) is 34.0 Å². The SMILES string of the molecule is Cc1cc(-c2nc(-c3ccc4c(c3)CN(C3CC(C(=O)O)C3)C4)no2)ccc1-c1cc(Cl)ccc1F. The molecule has 1 N–H and O–H groups in total. The molecule has 0 spiro atoms. The van der Waals surface area contributed by atoms with Gasteiger partial charge >= 0.3 is 5.97 Å². The van der Waals surface area contributed by atoms with Crippen molar-refractivity contribution < 1.29 is 18.8 Å². The number of halogens is 2. The molecule has 1 saturated carbocycles. The maximum Gasteiger partial charge on any atom is 0.306 e. The van der Waals surface area contributed by atoms with Crippen LogP contribution in [0.1, 0.15) is 29.5 Å². The number of benzene rings is 3. The van der Waals surface area contributed by atoms with Gasteiger partial charge in [0.1, 0.15) is 5.82 Å². The smallest absolute Gasteiger partial charge is 0.306 e. The van der Waals surface area contributed by atoms with Crippen molar-refractivity contribution in [3.05, 3.63) is 82.1 Å². The second-order valence-electron chi connectivity index (χ2n) is 9.63. The lowest BCUT2D eigenvalue weighted by molar-refractivity contribution is -0.147. The van der Waals surface area contributed by atoms with Crippen LogP contribution in [-0.2, 0) is 17.9 Å². The van der Waals surface area contributed by atoms with E-state index in [9.17, 15) is 9.18 Å². The van der Waals surface area contributed by atoms with Gasteiger partial charge in [-0.25, -0.2) is 4.39 Å². The lowest BCUT2D eigenvalue weighted by atomic mass is 9.79. The first kappa shape index (κ1) is 22.9. The lowest BCUT2D eigenvalue weighted by Gasteiger charge is -2.39. The van der Waals surface area contributed by atoms with E-state index in [1.807, 2.05) is 31.2 Å². The third kappa shape index (κ3) is 4.08. The molecule has 3 aromatic carbocycles. The second kappa shape index (κ2) is 8.84. The number of rotatable bonds is 5. The first-order valence-electron chi connectivity index (χ1n) is 11.8. The highest BCUT2D eigenvalue weighted by Gasteiger charge is 2.39. The van der Waals surface area contributed by atoms with E-state index in [0.29, 0.717) is 41.2 Å². The van der Waals surface area contributed by atoms with Crippen molar-refractivity contribution in [1.29, 1.82) is 0 Å². The zero-order valence-electron chi connectivity index (χ0n) is 19.5. The number of aromatic nitrogens is 2. The van der Waals surface area contributed by atoms with Crippen molar-refractivity contribution in [3.63, 3.8) is 0 Å². The van der Waals surface area contributed by atoms with Crippen LogP contribution in [0.5, 0.6) is 0 Å². The summed E-state index contributed by atoms with van der Waals surface area (Å²) in [6.07, 6.45) is 1.43. The highest BCUT2D eigenvalue weighted by molar-refractivity contribution is 6.30. The van der Waals surface area contributed by atoms with Gasteiger partial charge in [0.15, 0.2) is 0 Å². The third-order valence-electron chi connectivity index (χ3n) is 7.31. The Morgan fingerprint density at radius 2 is 1.81 bits per heavy atom. The van der Waals surface area contributed by atoms with E-state index < -0.39 is 5.97 Å². The van der Waals surface area contributed by atoms with Crippen LogP contribution in [0.4, 0.5) is 4.39 Å². The average Bonchev–Trinajstić information content (AvgIpc) is 3.46. The number of hydrogen-bond acceptors (Lipinski definition) is 5. The Morgan fingerprint density at radius 1 is 1.03 bits per heavy atom. The third-order valence-corrected chi connectivity index (χ3v) is 7.54. The maximum atomic E-state index is 14.4. The summed E-state index contributed by atoms with van der Waals surface area (Å²) in [5.74, 6) is -0.343. The number of aliphatic carboxylic acids is 1.